The molecule has 0 aliphatic carbocycles. The number of hydrogen-bond donors (Lipinski definition) is 1. The number of amides is 1. The highest BCUT2D eigenvalue weighted by atomic mass is 19.4. The second-order valence-electron chi connectivity index (χ2n) is 4.46. The molecule has 0 spiro atoms. The summed E-state index contributed by atoms with van der Waals surface area (Å²) < 4.78 is 42.4. The predicted octanol–water partition coefficient (Wildman–Crippen LogP) is 2.58. The third-order valence-electron chi connectivity index (χ3n) is 3.19. The van der Waals surface area contributed by atoms with E-state index in [2.05, 4.69) is 0 Å². The number of aliphatic hydroxyl groups is 1. The Morgan fingerprint density at radius 3 is 2.50 bits per heavy atom. The topological polar surface area (TPSA) is 49.8 Å². The molecule has 0 radical (unpaired) electrons. The molecule has 1 fully saturated rings. The highest BCUT2D eigenvalue weighted by Crippen LogP contribution is 2.33. The summed E-state index contributed by atoms with van der Waals surface area (Å²) in [5, 5.41) is 8.95. The van der Waals surface area contributed by atoms with Crippen LogP contribution in [0, 0.1) is 0 Å². The maximum Gasteiger partial charge on any atom is 0.416 e. The summed E-state index contributed by atoms with van der Waals surface area (Å²) in [6.07, 6.45) is -4.46. The molecule has 110 valence electrons. The normalized spacial score (nSPS) is 19.9. The molecule has 1 unspecified atom stereocenters. The van der Waals surface area contributed by atoms with Crippen molar-refractivity contribution in [2.75, 3.05) is 19.8 Å². The van der Waals surface area contributed by atoms with Gasteiger partial charge in [0, 0.05) is 13.0 Å². The zero-order valence-electron chi connectivity index (χ0n) is 10.6. The van der Waals surface area contributed by atoms with E-state index in [1.807, 2.05) is 0 Å². The molecule has 0 aromatic heterocycles. The molecule has 1 N–H and O–H groups in total. The molecule has 1 aromatic rings. The number of cyclic esters (lactones) is 1. The first-order chi connectivity index (χ1) is 9.43. The van der Waals surface area contributed by atoms with Crippen molar-refractivity contribution in [1.82, 2.24) is 4.90 Å². The molecule has 1 heterocycles. The van der Waals surface area contributed by atoms with Crippen LogP contribution in [0.1, 0.15) is 23.6 Å². The quantitative estimate of drug-likeness (QED) is 0.930. The molecule has 4 nitrogen and oxygen atoms in total. The third-order valence-corrected chi connectivity index (χ3v) is 3.19. The highest BCUT2D eigenvalue weighted by Gasteiger charge is 2.33. The lowest BCUT2D eigenvalue weighted by Crippen LogP contribution is -2.41. The largest absolute Gasteiger partial charge is 0.449 e. The van der Waals surface area contributed by atoms with Crippen molar-refractivity contribution in [3.8, 4) is 0 Å². The van der Waals surface area contributed by atoms with Gasteiger partial charge in [-0.3, -0.25) is 4.90 Å². The molecule has 20 heavy (non-hydrogen) atoms. The van der Waals surface area contributed by atoms with Gasteiger partial charge in [0.15, 0.2) is 0 Å². The van der Waals surface area contributed by atoms with Crippen molar-refractivity contribution < 1.29 is 27.8 Å². The third kappa shape index (κ3) is 3.04. The van der Waals surface area contributed by atoms with Gasteiger partial charge in [0.1, 0.15) is 0 Å². The van der Waals surface area contributed by atoms with Gasteiger partial charge in [-0.1, -0.05) is 12.1 Å². The van der Waals surface area contributed by atoms with Crippen LogP contribution in [0.5, 0.6) is 0 Å². The summed E-state index contributed by atoms with van der Waals surface area (Å²) in [6, 6.07) is 4.33. The fourth-order valence-corrected chi connectivity index (χ4v) is 2.22. The van der Waals surface area contributed by atoms with E-state index in [0.717, 1.165) is 12.1 Å². The second kappa shape index (κ2) is 5.70. The molecule has 1 amide bonds. The summed E-state index contributed by atoms with van der Waals surface area (Å²) in [5.74, 6) is 0. The molecule has 1 saturated heterocycles. The molecule has 2 rings (SSSR count). The minimum atomic E-state index is -4.38. The average Bonchev–Trinajstić information content (AvgIpc) is 2.40. The second-order valence-corrected chi connectivity index (χ2v) is 4.46. The van der Waals surface area contributed by atoms with E-state index >= 15 is 0 Å². The van der Waals surface area contributed by atoms with Gasteiger partial charge in [-0.15, -0.1) is 0 Å². The first kappa shape index (κ1) is 14.6. The average molecular weight is 289 g/mol. The van der Waals surface area contributed by atoms with Gasteiger partial charge in [0.05, 0.1) is 24.8 Å². The van der Waals surface area contributed by atoms with Crippen LogP contribution in [0.3, 0.4) is 0 Å². The monoisotopic (exact) mass is 289 g/mol. The van der Waals surface area contributed by atoms with E-state index in [-0.39, 0.29) is 25.8 Å². The van der Waals surface area contributed by atoms with Crippen LogP contribution in [0.25, 0.3) is 0 Å². The fourth-order valence-electron chi connectivity index (χ4n) is 2.22. The standard InChI is InChI=1S/C13H14F3NO3/c14-13(15,16)10-3-1-9(2-4-10)11-5-8-20-12(19)17(11)6-7-18/h1-4,11,18H,5-8H2. The lowest BCUT2D eigenvalue weighted by Gasteiger charge is -2.34. The SMILES string of the molecule is O=C1OCCC(c2ccc(C(F)(F)F)cc2)N1CCO. The number of carbonyl (C=O) groups excluding carboxylic acids is 1. The zero-order valence-corrected chi connectivity index (χ0v) is 10.6. The van der Waals surface area contributed by atoms with Crippen LogP contribution in [-0.4, -0.2) is 35.9 Å². The van der Waals surface area contributed by atoms with Crippen molar-refractivity contribution in [3.05, 3.63) is 35.4 Å². The molecular weight excluding hydrogens is 275 g/mol. The van der Waals surface area contributed by atoms with Crippen molar-refractivity contribution in [2.24, 2.45) is 0 Å². The first-order valence-corrected chi connectivity index (χ1v) is 6.15. The number of β-amino-alcohol motifs (C(OH)–C–C–N with tert-alkyl or cyclic N) is 1. The van der Waals surface area contributed by atoms with Gasteiger partial charge < -0.3 is 9.84 Å². The van der Waals surface area contributed by atoms with Gasteiger partial charge in [0.2, 0.25) is 0 Å². The first-order valence-electron chi connectivity index (χ1n) is 6.15. The number of aliphatic hydroxyl groups excluding tert-OH is 1. The van der Waals surface area contributed by atoms with Crippen molar-refractivity contribution in [1.29, 1.82) is 0 Å². The van der Waals surface area contributed by atoms with Crippen molar-refractivity contribution in [3.63, 3.8) is 0 Å². The molecule has 0 saturated carbocycles. The van der Waals surface area contributed by atoms with Gasteiger partial charge in [0.25, 0.3) is 0 Å². The Bertz CT molecular complexity index is 473. The van der Waals surface area contributed by atoms with Crippen molar-refractivity contribution >= 4 is 6.09 Å². The van der Waals surface area contributed by atoms with Crippen LogP contribution in [0.15, 0.2) is 24.3 Å². The van der Waals surface area contributed by atoms with Crippen molar-refractivity contribution in [2.45, 2.75) is 18.6 Å². The van der Waals surface area contributed by atoms with Crippen LogP contribution < -0.4 is 0 Å². The fraction of sp³-hybridized carbons (Fsp3) is 0.462. The minimum absolute atomic E-state index is 0.0878. The highest BCUT2D eigenvalue weighted by molar-refractivity contribution is 5.69. The number of ether oxygens (including phenoxy) is 1. The minimum Gasteiger partial charge on any atom is -0.449 e. The van der Waals surface area contributed by atoms with E-state index in [9.17, 15) is 18.0 Å². The Hall–Kier alpha value is -1.76. The van der Waals surface area contributed by atoms with E-state index in [0.29, 0.717) is 12.0 Å². The van der Waals surface area contributed by atoms with Gasteiger partial charge in [-0.25, -0.2) is 4.79 Å². The Morgan fingerprint density at radius 2 is 1.95 bits per heavy atom. The molecule has 7 heteroatoms. The molecule has 1 aromatic carbocycles. The maximum absolute atomic E-state index is 12.5. The number of benzene rings is 1. The summed E-state index contributed by atoms with van der Waals surface area (Å²) >= 11 is 0. The number of rotatable bonds is 3. The lowest BCUT2D eigenvalue weighted by molar-refractivity contribution is -0.137. The number of carbonyl (C=O) groups is 1. The van der Waals surface area contributed by atoms with Crippen LogP contribution in [0.4, 0.5) is 18.0 Å². The summed E-state index contributed by atoms with van der Waals surface area (Å²) in [5.41, 5.74) is -0.128. The molecular formula is C13H14F3NO3. The Kier molecular flexibility index (Phi) is 4.17. The van der Waals surface area contributed by atoms with E-state index in [1.54, 1.807) is 0 Å². The summed E-state index contributed by atoms with van der Waals surface area (Å²) in [6.45, 7) is 0.0726. The number of alkyl halides is 3. The van der Waals surface area contributed by atoms with Crippen LogP contribution >= 0.6 is 0 Å². The number of nitrogens with zero attached hydrogens (tertiary/aromatic N) is 1. The zero-order chi connectivity index (χ0) is 14.8. The van der Waals surface area contributed by atoms with Gasteiger partial charge >= 0.3 is 12.3 Å². The van der Waals surface area contributed by atoms with Crippen LogP contribution in [-0.2, 0) is 10.9 Å². The molecule has 1 aliphatic heterocycles. The van der Waals surface area contributed by atoms with Crippen LogP contribution in [0.2, 0.25) is 0 Å². The molecule has 0 bridgehead atoms. The molecule has 1 aliphatic rings. The van der Waals surface area contributed by atoms with E-state index < -0.39 is 17.8 Å². The Balaban J connectivity index is 2.22. The van der Waals surface area contributed by atoms with E-state index in [4.69, 9.17) is 9.84 Å². The maximum atomic E-state index is 12.5. The van der Waals surface area contributed by atoms with Gasteiger partial charge in [-0.05, 0) is 17.7 Å². The number of hydrogen-bond acceptors (Lipinski definition) is 3. The van der Waals surface area contributed by atoms with E-state index in [1.165, 1.54) is 17.0 Å². The smallest absolute Gasteiger partial charge is 0.416 e. The predicted molar refractivity (Wildman–Crippen MR) is 63.9 cm³/mol. The lowest BCUT2D eigenvalue weighted by atomic mass is 10.00. The summed E-state index contributed by atoms with van der Waals surface area (Å²) in [7, 11) is 0. The Labute approximate surface area is 113 Å². The Morgan fingerprint density at radius 1 is 1.30 bits per heavy atom. The summed E-state index contributed by atoms with van der Waals surface area (Å²) in [4.78, 5) is 12.9. The molecule has 1 atom stereocenters. The van der Waals surface area contributed by atoms with Gasteiger partial charge in [-0.2, -0.15) is 13.2 Å². The number of halogens is 3.